The Kier molecular flexibility index (Phi) is 8.91. The number of rotatable bonds is 9. The van der Waals surface area contributed by atoms with Crippen molar-refractivity contribution in [2.24, 2.45) is 0 Å². The van der Waals surface area contributed by atoms with Gasteiger partial charge in [-0.15, -0.1) is 0 Å². The van der Waals surface area contributed by atoms with E-state index in [4.69, 9.17) is 37.4 Å². The zero-order chi connectivity index (χ0) is 24.9. The van der Waals surface area contributed by atoms with E-state index in [1.54, 1.807) is 12.1 Å². The molecular formula is C24H31Cl2N3O6. The molecule has 2 fully saturated rings. The molecule has 2 aromatic rings. The smallest absolute Gasteiger partial charge is 0.355 e. The van der Waals surface area contributed by atoms with E-state index in [9.17, 15) is 14.7 Å². The maximum atomic E-state index is 13.3. The van der Waals surface area contributed by atoms with Gasteiger partial charge in [0.25, 0.3) is 0 Å². The number of carboxylic acid groups (broad SMARTS) is 1. The summed E-state index contributed by atoms with van der Waals surface area (Å²) < 4.78 is 16.4. The summed E-state index contributed by atoms with van der Waals surface area (Å²) in [5.41, 5.74) is 1.35. The number of morpholine rings is 2. The zero-order valence-corrected chi connectivity index (χ0v) is 21.2. The topological polar surface area (TPSA) is 104 Å². The van der Waals surface area contributed by atoms with Gasteiger partial charge in [0.2, 0.25) is 0 Å². The molecule has 192 valence electrons. The van der Waals surface area contributed by atoms with Crippen molar-refractivity contribution in [3.05, 3.63) is 33.4 Å². The van der Waals surface area contributed by atoms with E-state index in [1.807, 2.05) is 11.8 Å². The Balaban J connectivity index is 1.69. The fourth-order valence-electron chi connectivity index (χ4n) is 4.99. The molecule has 0 saturated carbocycles. The molecule has 0 spiro atoms. The van der Waals surface area contributed by atoms with Crippen molar-refractivity contribution in [3.63, 3.8) is 0 Å². The molecule has 0 amide bonds. The second kappa shape index (κ2) is 11.9. The van der Waals surface area contributed by atoms with Crippen LogP contribution in [0.4, 0.5) is 0 Å². The second-order valence-corrected chi connectivity index (χ2v) is 9.60. The molecule has 2 atom stereocenters. The fraction of sp³-hybridized carbons (Fsp3) is 0.583. The Hall–Kier alpha value is -1.88. The highest BCUT2D eigenvalue weighted by Gasteiger charge is 2.39. The van der Waals surface area contributed by atoms with E-state index >= 15 is 0 Å². The number of fused-ring (bicyclic) bond motifs is 1. The maximum Gasteiger partial charge on any atom is 0.355 e. The normalized spacial score (nSPS) is 19.5. The van der Waals surface area contributed by atoms with Gasteiger partial charge in [-0.05, 0) is 24.1 Å². The SMILES string of the molecule is CCC(c1c(C(=O)OCCN2CCOCC2)[nH]c2cc(Cl)cc(Cl)c12)C(C(=O)O)N1CCOCC1. The molecule has 1 aromatic heterocycles. The van der Waals surface area contributed by atoms with E-state index in [2.05, 4.69) is 9.88 Å². The summed E-state index contributed by atoms with van der Waals surface area (Å²) >= 11 is 12.8. The number of carbonyl (C=O) groups excluding carboxylic acids is 1. The number of hydrogen-bond acceptors (Lipinski definition) is 7. The van der Waals surface area contributed by atoms with Crippen molar-refractivity contribution in [1.29, 1.82) is 0 Å². The number of esters is 1. The van der Waals surface area contributed by atoms with Crippen molar-refractivity contribution in [3.8, 4) is 0 Å². The van der Waals surface area contributed by atoms with Crippen molar-refractivity contribution < 1.29 is 28.9 Å². The Morgan fingerprint density at radius 1 is 1.11 bits per heavy atom. The maximum absolute atomic E-state index is 13.3. The lowest BCUT2D eigenvalue weighted by atomic mass is 9.85. The number of carbonyl (C=O) groups is 2. The van der Waals surface area contributed by atoms with E-state index in [0.717, 1.165) is 13.1 Å². The van der Waals surface area contributed by atoms with Gasteiger partial charge in [-0.25, -0.2) is 4.79 Å². The first kappa shape index (κ1) is 26.2. The molecule has 0 bridgehead atoms. The molecule has 2 N–H and O–H groups in total. The number of H-pyrrole nitrogens is 1. The summed E-state index contributed by atoms with van der Waals surface area (Å²) in [5.74, 6) is -2.01. The van der Waals surface area contributed by atoms with Crippen LogP contribution in [0.1, 0.15) is 35.3 Å². The third-order valence-corrected chi connectivity index (χ3v) is 7.20. The largest absolute Gasteiger partial charge is 0.480 e. The van der Waals surface area contributed by atoms with Crippen molar-refractivity contribution in [1.82, 2.24) is 14.8 Å². The average molecular weight is 528 g/mol. The van der Waals surface area contributed by atoms with Crippen LogP contribution in [0, 0.1) is 0 Å². The first-order valence-electron chi connectivity index (χ1n) is 11.9. The molecule has 1 aromatic carbocycles. The summed E-state index contributed by atoms with van der Waals surface area (Å²) in [4.78, 5) is 33.0. The van der Waals surface area contributed by atoms with Crippen molar-refractivity contribution in [2.75, 3.05) is 65.8 Å². The third kappa shape index (κ3) is 5.93. The molecule has 35 heavy (non-hydrogen) atoms. The number of aliphatic carboxylic acids is 1. The molecule has 11 heteroatoms. The molecular weight excluding hydrogens is 497 g/mol. The average Bonchev–Trinajstić information content (AvgIpc) is 3.22. The number of nitrogens with one attached hydrogen (secondary N) is 1. The number of benzene rings is 1. The molecule has 2 aliphatic rings. The standard InChI is InChI=1S/C24H31Cl2N3O6/c1-2-16(22(23(30)31)29-6-10-34-11-7-29)19-20-17(26)13-15(25)14-18(20)27-21(19)24(32)35-12-5-28-3-8-33-9-4-28/h13-14,16,22,27H,2-12H2,1H3,(H,30,31). The molecule has 3 heterocycles. The number of carboxylic acids is 1. The zero-order valence-electron chi connectivity index (χ0n) is 19.7. The lowest BCUT2D eigenvalue weighted by molar-refractivity contribution is -0.146. The van der Waals surface area contributed by atoms with Gasteiger partial charge in [0.05, 0.1) is 31.5 Å². The Morgan fingerprint density at radius 2 is 1.77 bits per heavy atom. The van der Waals surface area contributed by atoms with Crippen LogP contribution in [0.25, 0.3) is 10.9 Å². The third-order valence-electron chi connectivity index (χ3n) is 6.69. The Labute approximate surface area is 214 Å². The molecule has 4 rings (SSSR count). The van der Waals surface area contributed by atoms with Gasteiger partial charge in [-0.1, -0.05) is 30.1 Å². The van der Waals surface area contributed by atoms with Crippen LogP contribution in [0.2, 0.25) is 10.0 Å². The highest BCUT2D eigenvalue weighted by atomic mass is 35.5. The minimum Gasteiger partial charge on any atom is -0.480 e. The summed E-state index contributed by atoms with van der Waals surface area (Å²) in [7, 11) is 0. The summed E-state index contributed by atoms with van der Waals surface area (Å²) in [6.07, 6.45) is 0.480. The van der Waals surface area contributed by atoms with Gasteiger partial charge >= 0.3 is 11.9 Å². The molecule has 2 saturated heterocycles. The van der Waals surface area contributed by atoms with E-state index in [-0.39, 0.29) is 12.3 Å². The molecule has 2 aliphatic heterocycles. The fourth-order valence-corrected chi connectivity index (χ4v) is 5.59. The number of ether oxygens (including phenoxy) is 3. The minimum absolute atomic E-state index is 0.213. The van der Waals surface area contributed by atoms with Crippen LogP contribution >= 0.6 is 23.2 Å². The Bertz CT molecular complexity index is 1050. The van der Waals surface area contributed by atoms with Crippen LogP contribution in [0.5, 0.6) is 0 Å². The molecule has 2 unspecified atom stereocenters. The predicted molar refractivity (Wildman–Crippen MR) is 133 cm³/mol. The molecule has 0 radical (unpaired) electrons. The van der Waals surface area contributed by atoms with Crippen LogP contribution in [-0.2, 0) is 19.0 Å². The summed E-state index contributed by atoms with van der Waals surface area (Å²) in [6, 6.07) is 2.44. The number of hydrogen-bond donors (Lipinski definition) is 2. The van der Waals surface area contributed by atoms with Gasteiger partial charge in [-0.3, -0.25) is 14.6 Å². The van der Waals surface area contributed by atoms with Crippen molar-refractivity contribution >= 4 is 46.0 Å². The van der Waals surface area contributed by atoms with Crippen LogP contribution in [0.3, 0.4) is 0 Å². The van der Waals surface area contributed by atoms with Crippen molar-refractivity contribution in [2.45, 2.75) is 25.3 Å². The van der Waals surface area contributed by atoms with Gasteiger partial charge < -0.3 is 24.3 Å². The van der Waals surface area contributed by atoms with Gasteiger partial charge in [-0.2, -0.15) is 0 Å². The number of aromatic amines is 1. The van der Waals surface area contributed by atoms with E-state index in [0.29, 0.717) is 79.0 Å². The monoisotopic (exact) mass is 527 g/mol. The van der Waals surface area contributed by atoms with Crippen LogP contribution in [0.15, 0.2) is 12.1 Å². The predicted octanol–water partition coefficient (Wildman–Crippen LogP) is 3.24. The van der Waals surface area contributed by atoms with Gasteiger partial charge in [0.15, 0.2) is 0 Å². The highest BCUT2D eigenvalue weighted by molar-refractivity contribution is 6.39. The van der Waals surface area contributed by atoms with E-state index < -0.39 is 23.9 Å². The lowest BCUT2D eigenvalue weighted by Gasteiger charge is -2.36. The second-order valence-electron chi connectivity index (χ2n) is 8.76. The highest BCUT2D eigenvalue weighted by Crippen LogP contribution is 2.40. The lowest BCUT2D eigenvalue weighted by Crippen LogP contribution is -2.50. The van der Waals surface area contributed by atoms with Gasteiger partial charge in [0, 0.05) is 54.6 Å². The minimum atomic E-state index is -0.954. The molecule has 9 nitrogen and oxygen atoms in total. The molecule has 0 aliphatic carbocycles. The van der Waals surface area contributed by atoms with E-state index in [1.165, 1.54) is 0 Å². The summed E-state index contributed by atoms with van der Waals surface area (Å²) in [5, 5.41) is 11.6. The Morgan fingerprint density at radius 3 is 2.40 bits per heavy atom. The number of aromatic nitrogens is 1. The first-order valence-corrected chi connectivity index (χ1v) is 12.7. The number of nitrogens with zero attached hydrogens (tertiary/aromatic N) is 2. The van der Waals surface area contributed by atoms with Crippen LogP contribution < -0.4 is 0 Å². The van der Waals surface area contributed by atoms with Gasteiger partial charge in [0.1, 0.15) is 18.3 Å². The summed E-state index contributed by atoms with van der Waals surface area (Å²) in [6.45, 7) is 7.54. The van der Waals surface area contributed by atoms with Crippen LogP contribution in [-0.4, -0.2) is 104 Å². The first-order chi connectivity index (χ1) is 16.9. The number of halogens is 2. The quantitative estimate of drug-likeness (QED) is 0.479.